The molecule has 0 radical (unpaired) electrons. The highest BCUT2D eigenvalue weighted by Gasteiger charge is 2.54. The van der Waals surface area contributed by atoms with Crippen molar-refractivity contribution < 1.29 is 89.4 Å². The lowest BCUT2D eigenvalue weighted by atomic mass is 9.96. The summed E-state index contributed by atoms with van der Waals surface area (Å²) >= 11 is 0. The number of nitrogens with one attached hydrogen (secondary N) is 1. The van der Waals surface area contributed by atoms with Crippen LogP contribution in [0.1, 0.15) is 335 Å². The fourth-order valence-electron chi connectivity index (χ4n) is 13.9. The minimum atomic E-state index is -1.98. The predicted molar refractivity (Wildman–Crippen MR) is 393 cm³/mol. The fraction of sp³-hybridized carbons (Fsp3) is 0.912. The van der Waals surface area contributed by atoms with Crippen molar-refractivity contribution in [3.8, 4) is 0 Å². The van der Waals surface area contributed by atoms with Crippen molar-refractivity contribution in [2.24, 2.45) is 0 Å². The number of carbonyl (C=O) groups excluding carboxylic acids is 1. The average Bonchev–Trinajstić information content (AvgIpc) is 0.785. The van der Waals surface area contributed by atoms with Crippen molar-refractivity contribution in [3.63, 3.8) is 0 Å². The van der Waals surface area contributed by atoms with Gasteiger partial charge in [0.15, 0.2) is 18.9 Å². The highest BCUT2D eigenvalue weighted by atomic mass is 16.8. The first-order valence-corrected chi connectivity index (χ1v) is 40.7. The Morgan fingerprint density at radius 1 is 0.364 bits per heavy atom. The maximum atomic E-state index is 13.5. The first-order chi connectivity index (χ1) is 48.3. The number of ether oxygens (including phenoxy) is 6. The minimum Gasteiger partial charge on any atom is -0.394 e. The summed E-state index contributed by atoms with van der Waals surface area (Å²) in [6, 6.07) is -0.974. The van der Waals surface area contributed by atoms with Gasteiger partial charge in [0, 0.05) is 6.42 Å². The van der Waals surface area contributed by atoms with Crippen molar-refractivity contribution in [1.29, 1.82) is 0 Å². The number of aliphatic hydroxyl groups excluding tert-OH is 11. The third-order valence-corrected chi connectivity index (χ3v) is 20.4. The number of hydrogen-bond donors (Lipinski definition) is 12. The van der Waals surface area contributed by atoms with Gasteiger partial charge >= 0.3 is 0 Å². The molecule has 1 amide bonds. The summed E-state index contributed by atoms with van der Waals surface area (Å²) in [7, 11) is 0. The van der Waals surface area contributed by atoms with E-state index in [2.05, 4.69) is 43.5 Å². The summed E-state index contributed by atoms with van der Waals surface area (Å²) in [6.45, 7) is 1.78. The van der Waals surface area contributed by atoms with Gasteiger partial charge in [0.25, 0.3) is 0 Å². The van der Waals surface area contributed by atoms with E-state index in [0.29, 0.717) is 6.42 Å². The van der Waals surface area contributed by atoms with E-state index in [1.54, 1.807) is 6.08 Å². The number of carbonyl (C=O) groups is 1. The van der Waals surface area contributed by atoms with E-state index in [9.17, 15) is 61.0 Å². The molecule has 0 saturated carbocycles. The number of allylic oxidation sites excluding steroid dienone is 5. The molecule has 99 heavy (non-hydrogen) atoms. The third-order valence-electron chi connectivity index (χ3n) is 20.4. The van der Waals surface area contributed by atoms with Crippen LogP contribution in [-0.4, -0.2) is 193 Å². The molecule has 3 aliphatic heterocycles. The van der Waals surface area contributed by atoms with Crippen LogP contribution in [0.5, 0.6) is 0 Å². The van der Waals surface area contributed by atoms with E-state index in [4.69, 9.17) is 28.4 Å². The molecule has 12 N–H and O–H groups in total. The summed E-state index contributed by atoms with van der Waals surface area (Å²) in [5.74, 6) is -0.270. The molecule has 17 atom stereocenters. The number of unbranched alkanes of at least 4 members (excludes halogenated alkanes) is 45. The standard InChI is InChI=1S/C80H149NO18/c1-3-5-7-9-11-13-15-17-19-21-23-25-27-29-30-31-32-34-36-38-40-42-44-46-48-50-52-54-56-58-68(86)81-63(64(85)57-55-53-51-49-47-45-43-41-39-37-35-33-28-26-24-22-20-18-16-14-12-10-8-6-4-2)62-94-78-74(92)71(89)76(66(60-83)96-78)99-80-75(93)72(90)77(67(61-84)97-80)98-79-73(91)70(88)69(87)65(59-82)95-79/h15,17,21,23,55,57,63-67,69-80,82-85,87-93H,3-14,16,18-20,22,24-54,56,58-62H2,1-2H3,(H,81,86)/b17-15-,23-21-,57-55+. The van der Waals surface area contributed by atoms with Gasteiger partial charge in [0.05, 0.1) is 38.6 Å². The monoisotopic (exact) mass is 1410 g/mol. The van der Waals surface area contributed by atoms with E-state index in [1.165, 1.54) is 257 Å². The number of amides is 1. The van der Waals surface area contributed by atoms with Crippen LogP contribution >= 0.6 is 0 Å². The Balaban J connectivity index is 1.37. The van der Waals surface area contributed by atoms with E-state index in [-0.39, 0.29) is 18.9 Å². The molecular formula is C80H149NO18. The molecule has 0 aliphatic carbocycles. The average molecular weight is 1410 g/mol. The van der Waals surface area contributed by atoms with Crippen molar-refractivity contribution in [3.05, 3.63) is 36.5 Å². The van der Waals surface area contributed by atoms with Crippen LogP contribution in [0.25, 0.3) is 0 Å². The zero-order chi connectivity index (χ0) is 71.8. The van der Waals surface area contributed by atoms with Crippen LogP contribution in [0.3, 0.4) is 0 Å². The first-order valence-electron chi connectivity index (χ1n) is 40.7. The highest BCUT2D eigenvalue weighted by molar-refractivity contribution is 5.76. The molecule has 0 aromatic rings. The number of aliphatic hydroxyl groups is 11. The molecular weight excluding hydrogens is 1260 g/mol. The lowest BCUT2D eigenvalue weighted by molar-refractivity contribution is -0.379. The Labute approximate surface area is 600 Å². The first kappa shape index (κ1) is 91.2. The largest absolute Gasteiger partial charge is 0.394 e. The topological polar surface area (TPSA) is 307 Å². The third kappa shape index (κ3) is 41.5. The van der Waals surface area contributed by atoms with E-state index >= 15 is 0 Å². The summed E-state index contributed by atoms with van der Waals surface area (Å²) < 4.78 is 34.5. The number of hydrogen-bond acceptors (Lipinski definition) is 18. The van der Waals surface area contributed by atoms with Gasteiger partial charge in [-0.3, -0.25) is 4.79 Å². The van der Waals surface area contributed by atoms with E-state index in [1.807, 2.05) is 6.08 Å². The molecule has 0 bridgehead atoms. The lowest BCUT2D eigenvalue weighted by Crippen LogP contribution is -2.66. The molecule has 0 spiro atoms. The second-order valence-corrected chi connectivity index (χ2v) is 29.2. The normalized spacial score (nSPS) is 26.7. The molecule has 17 unspecified atom stereocenters. The second-order valence-electron chi connectivity index (χ2n) is 29.2. The predicted octanol–water partition coefficient (Wildman–Crippen LogP) is 13.5. The van der Waals surface area contributed by atoms with Gasteiger partial charge in [-0.1, -0.05) is 314 Å². The van der Waals surface area contributed by atoms with Gasteiger partial charge in [0.2, 0.25) is 5.91 Å². The Kier molecular flexibility index (Phi) is 56.4. The summed E-state index contributed by atoms with van der Waals surface area (Å²) in [5, 5.41) is 121. The molecule has 3 rings (SSSR count). The molecule has 3 aliphatic rings. The summed E-state index contributed by atoms with van der Waals surface area (Å²) in [4.78, 5) is 13.5. The summed E-state index contributed by atoms with van der Waals surface area (Å²) in [6.07, 6.45) is 48.4. The van der Waals surface area contributed by atoms with Crippen molar-refractivity contribution in [2.75, 3.05) is 26.4 Å². The van der Waals surface area contributed by atoms with Gasteiger partial charge in [-0.25, -0.2) is 0 Å². The highest BCUT2D eigenvalue weighted by Crippen LogP contribution is 2.33. The molecule has 3 heterocycles. The van der Waals surface area contributed by atoms with Gasteiger partial charge in [-0.05, 0) is 51.4 Å². The Morgan fingerprint density at radius 3 is 1.03 bits per heavy atom. The van der Waals surface area contributed by atoms with Crippen LogP contribution < -0.4 is 5.32 Å². The zero-order valence-electron chi connectivity index (χ0n) is 62.2. The van der Waals surface area contributed by atoms with Crippen molar-refractivity contribution in [2.45, 2.75) is 439 Å². The van der Waals surface area contributed by atoms with E-state index < -0.39 is 124 Å². The molecule has 3 saturated heterocycles. The smallest absolute Gasteiger partial charge is 0.220 e. The van der Waals surface area contributed by atoms with Gasteiger partial charge in [0.1, 0.15) is 73.2 Å². The van der Waals surface area contributed by atoms with Gasteiger partial charge in [-0.2, -0.15) is 0 Å². The van der Waals surface area contributed by atoms with Gasteiger partial charge in [-0.15, -0.1) is 0 Å². The quantitative estimate of drug-likeness (QED) is 0.0199. The SMILES string of the molecule is CCCCCCC/C=C\C/C=C\CCCCCCCCCCCCCCCCCCCC(=O)NC(COC1OC(CO)C(OC2OC(CO)C(OC3OC(CO)C(O)C(O)C3O)C(O)C2O)C(O)C1O)C(O)/C=C/CCCCCCCCCCCCCCCCCCCCCCCCC. The van der Waals surface area contributed by atoms with Crippen LogP contribution in [0.2, 0.25) is 0 Å². The molecule has 19 heteroatoms. The van der Waals surface area contributed by atoms with Crippen molar-refractivity contribution in [1.82, 2.24) is 5.32 Å². The Morgan fingerprint density at radius 2 is 0.667 bits per heavy atom. The fourth-order valence-corrected chi connectivity index (χ4v) is 13.9. The molecule has 582 valence electrons. The Bertz CT molecular complexity index is 1930. The molecule has 19 nitrogen and oxygen atoms in total. The number of rotatable bonds is 65. The maximum absolute atomic E-state index is 13.5. The Hall–Kier alpha value is -1.99. The van der Waals surface area contributed by atoms with Crippen LogP contribution in [-0.2, 0) is 33.2 Å². The summed E-state index contributed by atoms with van der Waals surface area (Å²) in [5.41, 5.74) is 0. The maximum Gasteiger partial charge on any atom is 0.220 e. The van der Waals surface area contributed by atoms with E-state index in [0.717, 1.165) is 51.4 Å². The lowest BCUT2D eigenvalue weighted by Gasteiger charge is -2.48. The minimum absolute atomic E-state index is 0.246. The van der Waals surface area contributed by atoms with Crippen molar-refractivity contribution >= 4 is 5.91 Å². The molecule has 0 aromatic carbocycles. The van der Waals surface area contributed by atoms with Crippen LogP contribution in [0.4, 0.5) is 0 Å². The van der Waals surface area contributed by atoms with Crippen LogP contribution in [0.15, 0.2) is 36.5 Å². The molecule has 0 aromatic heterocycles. The zero-order valence-corrected chi connectivity index (χ0v) is 62.2. The van der Waals surface area contributed by atoms with Crippen LogP contribution in [0, 0.1) is 0 Å². The molecule has 3 fully saturated rings. The van der Waals surface area contributed by atoms with Gasteiger partial charge < -0.3 is 89.9 Å². The second kappa shape index (κ2) is 61.2.